The van der Waals surface area contributed by atoms with Gasteiger partial charge in [-0.1, -0.05) is 25.6 Å². The van der Waals surface area contributed by atoms with Crippen molar-refractivity contribution in [1.82, 2.24) is 15.0 Å². The quantitative estimate of drug-likeness (QED) is 0.422. The second-order valence-corrected chi connectivity index (χ2v) is 8.31. The molecule has 1 aliphatic carbocycles. The van der Waals surface area contributed by atoms with Gasteiger partial charge in [0.15, 0.2) is 0 Å². The van der Waals surface area contributed by atoms with Crippen LogP contribution in [0.4, 0.5) is 4.39 Å². The summed E-state index contributed by atoms with van der Waals surface area (Å²) in [4.78, 5) is 21.0. The number of pyridine rings is 1. The number of benzene rings is 1. The normalized spacial score (nSPS) is 13.5. The molecule has 0 radical (unpaired) electrons. The summed E-state index contributed by atoms with van der Waals surface area (Å²) >= 11 is 0. The molecule has 1 fully saturated rings. The van der Waals surface area contributed by atoms with Gasteiger partial charge in [0.1, 0.15) is 17.7 Å². The first-order valence-corrected chi connectivity index (χ1v) is 11.3. The Morgan fingerprint density at radius 1 is 1.18 bits per heavy atom. The van der Waals surface area contributed by atoms with Gasteiger partial charge in [0.25, 0.3) is 5.97 Å². The first-order valence-electron chi connectivity index (χ1n) is 11.3. The molecule has 2 aromatic heterocycles. The summed E-state index contributed by atoms with van der Waals surface area (Å²) in [6.45, 7) is 10.6. The summed E-state index contributed by atoms with van der Waals surface area (Å²) in [5.74, 6) is -0.100. The summed E-state index contributed by atoms with van der Waals surface area (Å²) in [7, 11) is 0. The maximum absolute atomic E-state index is 14.9. The minimum atomic E-state index is -0.833. The topological polar surface area (TPSA) is 88.1 Å². The summed E-state index contributed by atoms with van der Waals surface area (Å²) < 4.78 is 20.9. The molecule has 178 valence electrons. The molecule has 0 unspecified atom stereocenters. The van der Waals surface area contributed by atoms with Crippen LogP contribution in [-0.4, -0.2) is 32.1 Å². The average Bonchev–Trinajstić information content (AvgIpc) is 3.24. The summed E-state index contributed by atoms with van der Waals surface area (Å²) in [6, 6.07) is 8.88. The Hall–Kier alpha value is -3.74. The molecule has 6 nitrogen and oxygen atoms in total. The number of carboxylic acid groups (broad SMARTS) is 1. The summed E-state index contributed by atoms with van der Waals surface area (Å²) in [5.41, 5.74) is 4.22. The van der Waals surface area contributed by atoms with Crippen LogP contribution in [0.2, 0.25) is 0 Å². The maximum atomic E-state index is 14.9. The number of allylic oxidation sites excluding steroid dienone is 1. The number of aromatic amines is 1. The average molecular weight is 464 g/mol. The molecule has 0 saturated heterocycles. The smallest absolute Gasteiger partial charge is 0.300 e. The molecule has 2 N–H and O–H groups in total. The Morgan fingerprint density at radius 3 is 2.38 bits per heavy atom. The number of nitrogens with zero attached hydrogens (tertiary/aromatic N) is 2. The Kier molecular flexibility index (Phi) is 8.35. The number of carbonyl (C=O) groups is 1. The van der Waals surface area contributed by atoms with Gasteiger partial charge in [-0.25, -0.2) is 14.4 Å². The van der Waals surface area contributed by atoms with E-state index in [0.29, 0.717) is 23.0 Å². The van der Waals surface area contributed by atoms with Gasteiger partial charge in [-0.05, 0) is 68.0 Å². The van der Waals surface area contributed by atoms with Gasteiger partial charge in [0.2, 0.25) is 5.88 Å². The molecule has 1 saturated carbocycles. The fourth-order valence-corrected chi connectivity index (χ4v) is 3.85. The van der Waals surface area contributed by atoms with Crippen LogP contribution in [0.1, 0.15) is 57.3 Å². The SMILES string of the molecule is C=Cc1[nH]c(-c2ccc(-c3ccc(OC4CCCCC4)nc3)cc2F)nc1C(=C)C.CC(=O)O. The zero-order valence-corrected chi connectivity index (χ0v) is 19.6. The number of halogens is 1. The number of aliphatic carboxylic acids is 1. The molecule has 2 heterocycles. The molecule has 7 heteroatoms. The third kappa shape index (κ3) is 6.41. The van der Waals surface area contributed by atoms with Gasteiger partial charge in [-0.2, -0.15) is 0 Å². The van der Waals surface area contributed by atoms with Crippen molar-refractivity contribution in [2.45, 2.75) is 52.1 Å². The van der Waals surface area contributed by atoms with Crippen molar-refractivity contribution in [1.29, 1.82) is 0 Å². The van der Waals surface area contributed by atoms with Crippen LogP contribution in [0.15, 0.2) is 49.7 Å². The molecular formula is C27H30FN3O3. The summed E-state index contributed by atoms with van der Waals surface area (Å²) in [5, 5.41) is 7.42. The second kappa shape index (κ2) is 11.4. The van der Waals surface area contributed by atoms with Crippen LogP contribution < -0.4 is 4.74 Å². The molecule has 0 spiro atoms. The molecular weight excluding hydrogens is 433 g/mol. The van der Waals surface area contributed by atoms with E-state index in [1.807, 2.05) is 25.1 Å². The molecule has 0 atom stereocenters. The molecule has 4 rings (SSSR count). The van der Waals surface area contributed by atoms with Crippen molar-refractivity contribution in [3.63, 3.8) is 0 Å². The van der Waals surface area contributed by atoms with E-state index in [2.05, 4.69) is 28.1 Å². The number of hydrogen-bond donors (Lipinski definition) is 2. The highest BCUT2D eigenvalue weighted by Crippen LogP contribution is 2.29. The monoisotopic (exact) mass is 463 g/mol. The maximum Gasteiger partial charge on any atom is 0.300 e. The van der Waals surface area contributed by atoms with Crippen LogP contribution in [-0.2, 0) is 4.79 Å². The fraction of sp³-hybridized carbons (Fsp3) is 0.296. The van der Waals surface area contributed by atoms with E-state index in [4.69, 9.17) is 14.6 Å². The molecule has 1 aromatic carbocycles. The number of H-pyrrole nitrogens is 1. The van der Waals surface area contributed by atoms with Crippen LogP contribution in [0, 0.1) is 5.82 Å². The van der Waals surface area contributed by atoms with E-state index >= 15 is 0 Å². The van der Waals surface area contributed by atoms with E-state index < -0.39 is 5.97 Å². The Morgan fingerprint density at radius 2 is 1.85 bits per heavy atom. The van der Waals surface area contributed by atoms with Gasteiger partial charge < -0.3 is 14.8 Å². The standard InChI is InChI=1S/C25H26FN3O.C2H4O2/c1-4-22-24(16(2)3)29-25(28-22)20-12-10-17(14-21(20)26)18-11-13-23(27-15-18)30-19-8-6-5-7-9-19;1-2(3)4/h4,10-15,19H,1-2,5-9H2,3H3,(H,28,29);1H3,(H,3,4). The highest BCUT2D eigenvalue weighted by atomic mass is 19.1. The van der Waals surface area contributed by atoms with Crippen molar-refractivity contribution in [3.8, 4) is 28.4 Å². The van der Waals surface area contributed by atoms with E-state index in [0.717, 1.165) is 42.2 Å². The van der Waals surface area contributed by atoms with Gasteiger partial charge in [0, 0.05) is 24.8 Å². The first kappa shape index (κ1) is 24.9. The minimum absolute atomic E-state index is 0.256. The molecule has 34 heavy (non-hydrogen) atoms. The summed E-state index contributed by atoms with van der Waals surface area (Å²) in [6.07, 6.45) is 9.54. The largest absolute Gasteiger partial charge is 0.481 e. The van der Waals surface area contributed by atoms with E-state index in [1.54, 1.807) is 18.3 Å². The number of aromatic nitrogens is 3. The lowest BCUT2D eigenvalue weighted by molar-refractivity contribution is -0.134. The minimum Gasteiger partial charge on any atom is -0.481 e. The predicted molar refractivity (Wildman–Crippen MR) is 133 cm³/mol. The Bertz CT molecular complexity index is 1160. The van der Waals surface area contributed by atoms with Gasteiger partial charge in [-0.15, -0.1) is 0 Å². The first-order chi connectivity index (χ1) is 16.3. The third-order valence-electron chi connectivity index (χ3n) is 5.47. The van der Waals surface area contributed by atoms with E-state index in [9.17, 15) is 4.39 Å². The number of rotatable bonds is 6. The third-order valence-corrected chi connectivity index (χ3v) is 5.47. The lowest BCUT2D eigenvalue weighted by atomic mass is 9.98. The number of nitrogens with one attached hydrogen (secondary N) is 1. The number of ether oxygens (including phenoxy) is 1. The Balaban J connectivity index is 0.000000751. The zero-order valence-electron chi connectivity index (χ0n) is 19.6. The predicted octanol–water partition coefficient (Wildman–Crippen LogP) is 6.76. The van der Waals surface area contributed by atoms with E-state index in [-0.39, 0.29) is 11.9 Å². The van der Waals surface area contributed by atoms with Crippen molar-refractivity contribution >= 4 is 17.6 Å². The highest BCUT2D eigenvalue weighted by Gasteiger charge is 2.16. The number of carboxylic acids is 1. The lowest BCUT2D eigenvalue weighted by Gasteiger charge is -2.22. The van der Waals surface area contributed by atoms with Gasteiger partial charge in [0.05, 0.1) is 17.0 Å². The van der Waals surface area contributed by atoms with Crippen molar-refractivity contribution in [3.05, 3.63) is 66.9 Å². The Labute approximate surface area is 199 Å². The molecule has 3 aromatic rings. The second-order valence-electron chi connectivity index (χ2n) is 8.31. The van der Waals surface area contributed by atoms with Gasteiger partial charge >= 0.3 is 0 Å². The van der Waals surface area contributed by atoms with Crippen molar-refractivity contribution < 1.29 is 19.0 Å². The van der Waals surface area contributed by atoms with E-state index in [1.165, 1.54) is 25.3 Å². The van der Waals surface area contributed by atoms with Gasteiger partial charge in [-0.3, -0.25) is 4.79 Å². The van der Waals surface area contributed by atoms with Crippen molar-refractivity contribution in [2.24, 2.45) is 0 Å². The molecule has 0 bridgehead atoms. The number of hydrogen-bond acceptors (Lipinski definition) is 4. The zero-order chi connectivity index (χ0) is 24.7. The van der Waals surface area contributed by atoms with Crippen LogP contribution in [0.3, 0.4) is 0 Å². The lowest BCUT2D eigenvalue weighted by Crippen LogP contribution is -2.20. The van der Waals surface area contributed by atoms with Crippen LogP contribution >= 0.6 is 0 Å². The fourth-order valence-electron chi connectivity index (χ4n) is 3.85. The molecule has 0 aliphatic heterocycles. The van der Waals surface area contributed by atoms with Crippen LogP contribution in [0.25, 0.3) is 34.2 Å². The highest BCUT2D eigenvalue weighted by molar-refractivity contribution is 5.73. The van der Waals surface area contributed by atoms with Crippen LogP contribution in [0.5, 0.6) is 5.88 Å². The van der Waals surface area contributed by atoms with Crippen molar-refractivity contribution in [2.75, 3.05) is 0 Å². The number of imidazole rings is 1. The molecule has 0 amide bonds. The molecule has 1 aliphatic rings.